The Morgan fingerprint density at radius 3 is 2.77 bits per heavy atom. The summed E-state index contributed by atoms with van der Waals surface area (Å²) in [5.74, 6) is 0.596. The standard InChI is InChI=1S/C16H20N4OS/c1-11(12-6-3-2-4-7-12)18-16(21)17-10-14-19-20-15(22-14)13-8-5-9-13/h2-4,6-7,11,13H,5,8-10H2,1H3,(H2,17,18,21)/t11-/m1/s1. The van der Waals surface area contributed by atoms with Crippen LogP contribution in [-0.4, -0.2) is 16.2 Å². The number of urea groups is 1. The van der Waals surface area contributed by atoms with Crippen LogP contribution in [0.5, 0.6) is 0 Å². The minimum Gasteiger partial charge on any atom is -0.332 e. The fraction of sp³-hybridized carbons (Fsp3) is 0.438. The lowest BCUT2D eigenvalue weighted by Gasteiger charge is -2.21. The summed E-state index contributed by atoms with van der Waals surface area (Å²) in [7, 11) is 0. The number of carbonyl (C=O) groups excluding carboxylic acids is 1. The molecule has 116 valence electrons. The minimum absolute atomic E-state index is 0.0267. The van der Waals surface area contributed by atoms with Crippen LogP contribution in [0, 0.1) is 0 Å². The van der Waals surface area contributed by atoms with Crippen LogP contribution >= 0.6 is 11.3 Å². The minimum atomic E-state index is -0.184. The van der Waals surface area contributed by atoms with Crippen LogP contribution in [0.4, 0.5) is 4.79 Å². The van der Waals surface area contributed by atoms with Gasteiger partial charge in [-0.2, -0.15) is 0 Å². The van der Waals surface area contributed by atoms with Gasteiger partial charge in [-0.1, -0.05) is 48.1 Å². The van der Waals surface area contributed by atoms with Crippen molar-refractivity contribution in [2.45, 2.75) is 44.7 Å². The van der Waals surface area contributed by atoms with E-state index >= 15 is 0 Å². The summed E-state index contributed by atoms with van der Waals surface area (Å²) in [6, 6.07) is 9.69. The molecule has 1 aromatic heterocycles. The lowest BCUT2D eigenvalue weighted by molar-refractivity contribution is 0.237. The zero-order valence-corrected chi connectivity index (χ0v) is 13.4. The largest absolute Gasteiger partial charge is 0.332 e. The molecule has 1 aliphatic carbocycles. The van der Waals surface area contributed by atoms with Crippen LogP contribution < -0.4 is 10.6 Å². The highest BCUT2D eigenvalue weighted by Gasteiger charge is 2.23. The van der Waals surface area contributed by atoms with Gasteiger partial charge < -0.3 is 10.6 Å². The molecule has 5 nitrogen and oxygen atoms in total. The van der Waals surface area contributed by atoms with Gasteiger partial charge in [-0.3, -0.25) is 0 Å². The Bertz CT molecular complexity index is 624. The van der Waals surface area contributed by atoms with Gasteiger partial charge in [-0.05, 0) is 25.3 Å². The molecule has 2 amide bonds. The van der Waals surface area contributed by atoms with E-state index in [0.29, 0.717) is 12.5 Å². The second kappa shape index (κ2) is 6.87. The monoisotopic (exact) mass is 316 g/mol. The number of amides is 2. The van der Waals surface area contributed by atoms with Gasteiger partial charge in [0.05, 0.1) is 12.6 Å². The van der Waals surface area contributed by atoms with Gasteiger partial charge in [0.15, 0.2) is 0 Å². The molecule has 1 aromatic carbocycles. The van der Waals surface area contributed by atoms with E-state index < -0.39 is 0 Å². The number of nitrogens with one attached hydrogen (secondary N) is 2. The molecule has 0 bridgehead atoms. The average Bonchev–Trinajstić information content (AvgIpc) is 2.92. The molecular formula is C16H20N4OS. The van der Waals surface area contributed by atoms with E-state index in [1.165, 1.54) is 19.3 Å². The molecule has 1 aliphatic rings. The highest BCUT2D eigenvalue weighted by Crippen LogP contribution is 2.37. The van der Waals surface area contributed by atoms with Crippen molar-refractivity contribution in [3.63, 3.8) is 0 Å². The van der Waals surface area contributed by atoms with E-state index in [4.69, 9.17) is 0 Å². The third-order valence-electron chi connectivity index (χ3n) is 3.98. The quantitative estimate of drug-likeness (QED) is 0.889. The fourth-order valence-corrected chi connectivity index (χ4v) is 3.34. The fourth-order valence-electron chi connectivity index (χ4n) is 2.39. The Morgan fingerprint density at radius 2 is 2.09 bits per heavy atom. The molecule has 1 heterocycles. The number of carbonyl (C=O) groups is 1. The maximum Gasteiger partial charge on any atom is 0.315 e. The summed E-state index contributed by atoms with van der Waals surface area (Å²) >= 11 is 1.61. The Balaban J connectivity index is 1.46. The van der Waals surface area contributed by atoms with E-state index in [1.807, 2.05) is 37.3 Å². The Hall–Kier alpha value is -1.95. The summed E-state index contributed by atoms with van der Waals surface area (Å²) in [5, 5.41) is 16.1. The summed E-state index contributed by atoms with van der Waals surface area (Å²) in [4.78, 5) is 11.9. The lowest BCUT2D eigenvalue weighted by atomic mass is 9.86. The first-order valence-electron chi connectivity index (χ1n) is 7.64. The Kier molecular flexibility index (Phi) is 4.68. The molecule has 22 heavy (non-hydrogen) atoms. The van der Waals surface area contributed by atoms with Gasteiger partial charge in [-0.25, -0.2) is 4.79 Å². The van der Waals surface area contributed by atoms with Crippen LogP contribution in [0.3, 0.4) is 0 Å². The van der Waals surface area contributed by atoms with Crippen molar-refractivity contribution in [2.24, 2.45) is 0 Å². The normalized spacial score (nSPS) is 15.9. The first-order chi connectivity index (χ1) is 10.7. The molecule has 0 aliphatic heterocycles. The van der Waals surface area contributed by atoms with Crippen LogP contribution in [0.1, 0.15) is 53.7 Å². The predicted molar refractivity (Wildman–Crippen MR) is 86.7 cm³/mol. The highest BCUT2D eigenvalue weighted by molar-refractivity contribution is 7.11. The summed E-state index contributed by atoms with van der Waals surface area (Å²) in [5.41, 5.74) is 1.08. The molecule has 0 radical (unpaired) electrons. The third-order valence-corrected chi connectivity index (χ3v) is 5.07. The average molecular weight is 316 g/mol. The third kappa shape index (κ3) is 3.62. The molecule has 0 unspecified atom stereocenters. The second-order valence-electron chi connectivity index (χ2n) is 5.62. The topological polar surface area (TPSA) is 66.9 Å². The number of hydrogen-bond acceptors (Lipinski definition) is 4. The number of aromatic nitrogens is 2. The van der Waals surface area contributed by atoms with Crippen LogP contribution in [0.2, 0.25) is 0 Å². The van der Waals surface area contributed by atoms with Gasteiger partial charge in [0.25, 0.3) is 0 Å². The van der Waals surface area contributed by atoms with Crippen molar-refractivity contribution in [1.29, 1.82) is 0 Å². The Labute approximate surface area is 134 Å². The van der Waals surface area contributed by atoms with E-state index in [9.17, 15) is 4.79 Å². The van der Waals surface area contributed by atoms with Crippen LogP contribution in [0.15, 0.2) is 30.3 Å². The van der Waals surface area contributed by atoms with Gasteiger partial charge in [0.1, 0.15) is 10.0 Å². The summed E-state index contributed by atoms with van der Waals surface area (Å²) < 4.78 is 0. The van der Waals surface area contributed by atoms with Gasteiger partial charge >= 0.3 is 6.03 Å². The SMILES string of the molecule is C[C@@H](NC(=O)NCc1nnc(C2CCC2)s1)c1ccccc1. The van der Waals surface area contributed by atoms with E-state index in [-0.39, 0.29) is 12.1 Å². The molecule has 1 saturated carbocycles. The smallest absolute Gasteiger partial charge is 0.315 e. The molecule has 1 fully saturated rings. The molecule has 0 spiro atoms. The van der Waals surface area contributed by atoms with Crippen molar-refractivity contribution in [1.82, 2.24) is 20.8 Å². The van der Waals surface area contributed by atoms with Gasteiger partial charge in [0, 0.05) is 5.92 Å². The van der Waals surface area contributed by atoms with E-state index in [2.05, 4.69) is 20.8 Å². The first-order valence-corrected chi connectivity index (χ1v) is 8.45. The number of benzene rings is 1. The molecule has 1 atom stereocenters. The maximum absolute atomic E-state index is 11.9. The zero-order chi connectivity index (χ0) is 15.4. The number of hydrogen-bond donors (Lipinski definition) is 2. The highest BCUT2D eigenvalue weighted by atomic mass is 32.1. The summed E-state index contributed by atoms with van der Waals surface area (Å²) in [6.07, 6.45) is 3.73. The second-order valence-corrected chi connectivity index (χ2v) is 6.71. The van der Waals surface area contributed by atoms with Gasteiger partial charge in [0.2, 0.25) is 0 Å². The van der Waals surface area contributed by atoms with Crippen molar-refractivity contribution >= 4 is 17.4 Å². The predicted octanol–water partition coefficient (Wildman–Crippen LogP) is 3.37. The van der Waals surface area contributed by atoms with E-state index in [0.717, 1.165) is 15.6 Å². The van der Waals surface area contributed by atoms with Crippen LogP contribution in [0.25, 0.3) is 0 Å². The molecule has 6 heteroatoms. The van der Waals surface area contributed by atoms with Crippen molar-refractivity contribution in [2.75, 3.05) is 0 Å². The molecular weight excluding hydrogens is 296 g/mol. The van der Waals surface area contributed by atoms with Crippen LogP contribution in [-0.2, 0) is 6.54 Å². The molecule has 3 rings (SSSR count). The first kappa shape index (κ1) is 15.0. The molecule has 2 aromatic rings. The van der Waals surface area contributed by atoms with Gasteiger partial charge in [-0.15, -0.1) is 10.2 Å². The molecule has 2 N–H and O–H groups in total. The maximum atomic E-state index is 11.9. The summed E-state index contributed by atoms with van der Waals surface area (Å²) in [6.45, 7) is 2.40. The van der Waals surface area contributed by atoms with E-state index in [1.54, 1.807) is 11.3 Å². The molecule has 0 saturated heterocycles. The van der Waals surface area contributed by atoms with Crippen molar-refractivity contribution in [3.8, 4) is 0 Å². The number of nitrogens with zero attached hydrogens (tertiary/aromatic N) is 2. The number of rotatable bonds is 5. The van der Waals surface area contributed by atoms with Crippen molar-refractivity contribution < 1.29 is 4.79 Å². The van der Waals surface area contributed by atoms with Crippen molar-refractivity contribution in [3.05, 3.63) is 45.9 Å². The Morgan fingerprint density at radius 1 is 1.32 bits per heavy atom. The zero-order valence-electron chi connectivity index (χ0n) is 12.6. The lowest BCUT2D eigenvalue weighted by Crippen LogP contribution is -2.36.